The maximum Gasteiger partial charge on any atom is 0.0735 e. The van der Waals surface area contributed by atoms with E-state index in [0.29, 0.717) is 12.5 Å². The van der Waals surface area contributed by atoms with Gasteiger partial charge in [0.2, 0.25) is 0 Å². The fourth-order valence-electron chi connectivity index (χ4n) is 1.06. The third-order valence-electron chi connectivity index (χ3n) is 2.11. The number of hydrogen-bond donors (Lipinski definition) is 2. The molecule has 1 unspecified atom stereocenters. The second kappa shape index (κ2) is 5.56. The number of nitrogens with one attached hydrogen (secondary N) is 1. The summed E-state index contributed by atoms with van der Waals surface area (Å²) in [5.74, 6) is 0.297. The average Bonchev–Trinajstić information content (AvgIpc) is 2.14. The summed E-state index contributed by atoms with van der Waals surface area (Å²) in [6.45, 7) is 4.64. The SMILES string of the molecule is CC(C)C(O)CNc1cccc(I)c1. The van der Waals surface area contributed by atoms with Crippen LogP contribution in [-0.2, 0) is 0 Å². The van der Waals surface area contributed by atoms with Crippen molar-refractivity contribution in [3.8, 4) is 0 Å². The minimum Gasteiger partial charge on any atom is -0.391 e. The lowest BCUT2D eigenvalue weighted by Crippen LogP contribution is -2.24. The highest BCUT2D eigenvalue weighted by atomic mass is 127. The van der Waals surface area contributed by atoms with Gasteiger partial charge in [0.1, 0.15) is 0 Å². The largest absolute Gasteiger partial charge is 0.391 e. The molecule has 1 aromatic rings. The molecule has 0 spiro atoms. The van der Waals surface area contributed by atoms with E-state index >= 15 is 0 Å². The number of benzene rings is 1. The maximum absolute atomic E-state index is 9.59. The summed E-state index contributed by atoms with van der Waals surface area (Å²) in [6, 6.07) is 8.12. The maximum atomic E-state index is 9.59. The molecular weight excluding hydrogens is 289 g/mol. The summed E-state index contributed by atoms with van der Waals surface area (Å²) in [5.41, 5.74) is 1.07. The molecule has 2 nitrogen and oxygen atoms in total. The number of aliphatic hydroxyl groups excluding tert-OH is 1. The van der Waals surface area contributed by atoms with Gasteiger partial charge < -0.3 is 10.4 Å². The first-order valence-corrected chi connectivity index (χ1v) is 5.85. The molecule has 0 aliphatic rings. The Hall–Kier alpha value is -0.290. The molecule has 0 amide bonds. The van der Waals surface area contributed by atoms with Gasteiger partial charge in [0, 0.05) is 15.8 Å². The summed E-state index contributed by atoms with van der Waals surface area (Å²) in [7, 11) is 0. The van der Waals surface area contributed by atoms with Crippen LogP contribution in [-0.4, -0.2) is 17.8 Å². The Kier molecular flexibility index (Phi) is 4.68. The molecule has 3 heteroatoms. The third-order valence-corrected chi connectivity index (χ3v) is 2.78. The first kappa shape index (κ1) is 11.8. The quantitative estimate of drug-likeness (QED) is 0.838. The minimum atomic E-state index is -0.284. The Bertz CT molecular complexity index is 288. The fraction of sp³-hybridized carbons (Fsp3) is 0.455. The van der Waals surface area contributed by atoms with Gasteiger partial charge in [-0.15, -0.1) is 0 Å². The van der Waals surface area contributed by atoms with Gasteiger partial charge in [-0.05, 0) is 46.7 Å². The lowest BCUT2D eigenvalue weighted by molar-refractivity contribution is 0.138. The molecule has 0 aliphatic carbocycles. The molecule has 0 aliphatic heterocycles. The van der Waals surface area contributed by atoms with E-state index in [2.05, 4.69) is 34.0 Å². The molecule has 0 radical (unpaired) electrons. The number of anilines is 1. The Balaban J connectivity index is 2.45. The molecule has 1 rings (SSSR count). The summed E-state index contributed by atoms with van der Waals surface area (Å²) in [6.07, 6.45) is -0.284. The van der Waals surface area contributed by atoms with E-state index in [1.807, 2.05) is 32.0 Å². The minimum absolute atomic E-state index is 0.284. The van der Waals surface area contributed by atoms with Crippen molar-refractivity contribution in [2.24, 2.45) is 5.92 Å². The van der Waals surface area contributed by atoms with Gasteiger partial charge >= 0.3 is 0 Å². The zero-order valence-electron chi connectivity index (χ0n) is 8.50. The van der Waals surface area contributed by atoms with Crippen molar-refractivity contribution in [2.45, 2.75) is 20.0 Å². The number of halogens is 1. The highest BCUT2D eigenvalue weighted by Crippen LogP contribution is 2.12. The molecule has 0 aromatic heterocycles. The van der Waals surface area contributed by atoms with E-state index in [-0.39, 0.29) is 6.10 Å². The first-order valence-electron chi connectivity index (χ1n) is 4.77. The van der Waals surface area contributed by atoms with Crippen molar-refractivity contribution in [3.05, 3.63) is 27.8 Å². The molecule has 1 aromatic carbocycles. The van der Waals surface area contributed by atoms with Gasteiger partial charge in [-0.1, -0.05) is 19.9 Å². The topological polar surface area (TPSA) is 32.3 Å². The van der Waals surface area contributed by atoms with Crippen LogP contribution in [0.4, 0.5) is 5.69 Å². The van der Waals surface area contributed by atoms with E-state index in [4.69, 9.17) is 0 Å². The van der Waals surface area contributed by atoms with Gasteiger partial charge in [0.25, 0.3) is 0 Å². The molecule has 78 valence electrons. The summed E-state index contributed by atoms with van der Waals surface area (Å²) in [4.78, 5) is 0. The van der Waals surface area contributed by atoms with Gasteiger partial charge in [-0.3, -0.25) is 0 Å². The van der Waals surface area contributed by atoms with E-state index in [1.165, 1.54) is 3.57 Å². The molecule has 0 saturated heterocycles. The Labute approximate surface area is 98.9 Å². The molecule has 2 N–H and O–H groups in total. The van der Waals surface area contributed by atoms with Crippen molar-refractivity contribution in [1.29, 1.82) is 0 Å². The Morgan fingerprint density at radius 1 is 1.43 bits per heavy atom. The average molecular weight is 305 g/mol. The van der Waals surface area contributed by atoms with Crippen LogP contribution in [0.2, 0.25) is 0 Å². The Morgan fingerprint density at radius 3 is 2.71 bits per heavy atom. The number of aliphatic hydroxyl groups is 1. The van der Waals surface area contributed by atoms with Gasteiger partial charge in [0.15, 0.2) is 0 Å². The van der Waals surface area contributed by atoms with Crippen molar-refractivity contribution in [3.63, 3.8) is 0 Å². The molecule has 0 fully saturated rings. The monoisotopic (exact) mass is 305 g/mol. The van der Waals surface area contributed by atoms with Crippen LogP contribution >= 0.6 is 22.6 Å². The molecular formula is C11H16INO. The molecule has 0 saturated carbocycles. The van der Waals surface area contributed by atoms with Crippen LogP contribution in [0, 0.1) is 9.49 Å². The van der Waals surface area contributed by atoms with E-state index in [9.17, 15) is 5.11 Å². The number of hydrogen-bond acceptors (Lipinski definition) is 2. The van der Waals surface area contributed by atoms with Crippen molar-refractivity contribution in [1.82, 2.24) is 0 Å². The van der Waals surface area contributed by atoms with Gasteiger partial charge in [-0.2, -0.15) is 0 Å². The molecule has 0 bridgehead atoms. The fourth-order valence-corrected chi connectivity index (χ4v) is 1.60. The highest BCUT2D eigenvalue weighted by Gasteiger charge is 2.07. The predicted molar refractivity (Wildman–Crippen MR) is 68.5 cm³/mol. The zero-order chi connectivity index (χ0) is 10.6. The third kappa shape index (κ3) is 3.84. The van der Waals surface area contributed by atoms with Crippen molar-refractivity contribution < 1.29 is 5.11 Å². The van der Waals surface area contributed by atoms with Crippen molar-refractivity contribution >= 4 is 28.3 Å². The zero-order valence-corrected chi connectivity index (χ0v) is 10.7. The van der Waals surface area contributed by atoms with E-state index < -0.39 is 0 Å². The van der Waals surface area contributed by atoms with Crippen LogP contribution in [0.15, 0.2) is 24.3 Å². The van der Waals surface area contributed by atoms with Crippen LogP contribution in [0.3, 0.4) is 0 Å². The highest BCUT2D eigenvalue weighted by molar-refractivity contribution is 14.1. The lowest BCUT2D eigenvalue weighted by atomic mass is 10.1. The van der Waals surface area contributed by atoms with E-state index in [0.717, 1.165) is 5.69 Å². The smallest absolute Gasteiger partial charge is 0.0735 e. The van der Waals surface area contributed by atoms with Crippen LogP contribution in [0.5, 0.6) is 0 Å². The molecule has 1 atom stereocenters. The molecule has 14 heavy (non-hydrogen) atoms. The standard InChI is InChI=1S/C11H16INO/c1-8(2)11(14)7-13-10-5-3-4-9(12)6-10/h3-6,8,11,13-14H,7H2,1-2H3. The van der Waals surface area contributed by atoms with Crippen LogP contribution in [0.1, 0.15) is 13.8 Å². The van der Waals surface area contributed by atoms with Gasteiger partial charge in [-0.25, -0.2) is 0 Å². The van der Waals surface area contributed by atoms with E-state index in [1.54, 1.807) is 0 Å². The van der Waals surface area contributed by atoms with Crippen LogP contribution < -0.4 is 5.32 Å². The second-order valence-electron chi connectivity index (χ2n) is 3.70. The summed E-state index contributed by atoms with van der Waals surface area (Å²) < 4.78 is 1.20. The van der Waals surface area contributed by atoms with Gasteiger partial charge in [0.05, 0.1) is 6.10 Å². The first-order chi connectivity index (χ1) is 6.59. The predicted octanol–water partition coefficient (Wildman–Crippen LogP) is 2.72. The number of rotatable bonds is 4. The summed E-state index contributed by atoms with van der Waals surface area (Å²) in [5, 5.41) is 12.8. The summed E-state index contributed by atoms with van der Waals surface area (Å²) >= 11 is 2.27. The normalized spacial score (nSPS) is 12.9. The van der Waals surface area contributed by atoms with Crippen LogP contribution in [0.25, 0.3) is 0 Å². The molecule has 0 heterocycles. The lowest BCUT2D eigenvalue weighted by Gasteiger charge is -2.15. The Morgan fingerprint density at radius 2 is 2.14 bits per heavy atom. The second-order valence-corrected chi connectivity index (χ2v) is 4.95. The van der Waals surface area contributed by atoms with Crippen molar-refractivity contribution in [2.75, 3.05) is 11.9 Å².